The van der Waals surface area contributed by atoms with Gasteiger partial charge in [0.05, 0.1) is 0 Å². The predicted octanol–water partition coefficient (Wildman–Crippen LogP) is 3.19. The summed E-state index contributed by atoms with van der Waals surface area (Å²) in [4.78, 5) is 2.60. The lowest BCUT2D eigenvalue weighted by Gasteiger charge is -2.33. The molecule has 1 aromatic carbocycles. The van der Waals surface area contributed by atoms with Gasteiger partial charge in [-0.05, 0) is 50.4 Å². The number of hydrogen-bond acceptors (Lipinski definition) is 2. The molecule has 3 rings (SSSR count). The van der Waals surface area contributed by atoms with Crippen molar-refractivity contribution < 1.29 is 0 Å². The van der Waals surface area contributed by atoms with Crippen molar-refractivity contribution in [1.82, 2.24) is 10.2 Å². The molecule has 98 valence electrons. The second-order valence-corrected chi connectivity index (χ2v) is 6.51. The standard InChI is InChI=1S/C15H21BrN2/c1-11(13-4-2-3-5-14(13)16)17-15-7-9-18-8-6-12(15)10-18/h2-5,11-12,15,17H,6-10H2,1H3. The van der Waals surface area contributed by atoms with Crippen LogP contribution in [0.4, 0.5) is 0 Å². The van der Waals surface area contributed by atoms with Gasteiger partial charge in [0, 0.05) is 23.1 Å². The van der Waals surface area contributed by atoms with Crippen LogP contribution in [0.5, 0.6) is 0 Å². The van der Waals surface area contributed by atoms with Gasteiger partial charge in [0.1, 0.15) is 0 Å². The quantitative estimate of drug-likeness (QED) is 0.922. The predicted molar refractivity (Wildman–Crippen MR) is 78.6 cm³/mol. The molecule has 2 saturated heterocycles. The number of piperidine rings is 1. The molecule has 0 aliphatic carbocycles. The zero-order valence-corrected chi connectivity index (χ0v) is 12.5. The first-order valence-electron chi connectivity index (χ1n) is 6.97. The van der Waals surface area contributed by atoms with Gasteiger partial charge in [-0.3, -0.25) is 0 Å². The first-order valence-corrected chi connectivity index (χ1v) is 7.76. The lowest BCUT2D eigenvalue weighted by atomic mass is 9.93. The fraction of sp³-hybridized carbons (Fsp3) is 0.600. The summed E-state index contributed by atoms with van der Waals surface area (Å²) in [6, 6.07) is 9.67. The van der Waals surface area contributed by atoms with E-state index >= 15 is 0 Å². The summed E-state index contributed by atoms with van der Waals surface area (Å²) in [5, 5.41) is 3.85. The Balaban J connectivity index is 1.67. The van der Waals surface area contributed by atoms with Crippen LogP contribution in [0.25, 0.3) is 0 Å². The second-order valence-electron chi connectivity index (χ2n) is 5.65. The van der Waals surface area contributed by atoms with E-state index < -0.39 is 0 Å². The molecule has 0 spiro atoms. The number of fused-ring (bicyclic) bond motifs is 2. The van der Waals surface area contributed by atoms with Crippen LogP contribution >= 0.6 is 15.9 Å². The Morgan fingerprint density at radius 1 is 1.28 bits per heavy atom. The van der Waals surface area contributed by atoms with Crippen molar-refractivity contribution in [2.75, 3.05) is 19.6 Å². The summed E-state index contributed by atoms with van der Waals surface area (Å²) in [6.45, 7) is 6.17. The van der Waals surface area contributed by atoms with E-state index in [1.165, 1.54) is 42.5 Å². The Bertz CT molecular complexity index is 421. The molecule has 4 atom stereocenters. The Hall–Kier alpha value is -0.380. The summed E-state index contributed by atoms with van der Waals surface area (Å²) in [5.74, 6) is 0.865. The Morgan fingerprint density at radius 2 is 2.06 bits per heavy atom. The number of rotatable bonds is 3. The van der Waals surface area contributed by atoms with Crippen LogP contribution < -0.4 is 5.32 Å². The highest BCUT2D eigenvalue weighted by atomic mass is 79.9. The van der Waals surface area contributed by atoms with Crippen LogP contribution in [-0.4, -0.2) is 30.6 Å². The summed E-state index contributed by atoms with van der Waals surface area (Å²) < 4.78 is 1.22. The van der Waals surface area contributed by atoms with Crippen molar-refractivity contribution in [1.29, 1.82) is 0 Å². The van der Waals surface area contributed by atoms with Crippen LogP contribution in [0.1, 0.15) is 31.4 Å². The van der Waals surface area contributed by atoms with E-state index in [1.54, 1.807) is 0 Å². The minimum absolute atomic E-state index is 0.428. The van der Waals surface area contributed by atoms with Crippen LogP contribution in [-0.2, 0) is 0 Å². The van der Waals surface area contributed by atoms with E-state index in [1.807, 2.05) is 0 Å². The van der Waals surface area contributed by atoms with E-state index in [0.29, 0.717) is 12.1 Å². The van der Waals surface area contributed by atoms with Crippen molar-refractivity contribution in [3.05, 3.63) is 34.3 Å². The van der Waals surface area contributed by atoms with E-state index in [-0.39, 0.29) is 0 Å². The maximum atomic E-state index is 3.85. The van der Waals surface area contributed by atoms with E-state index in [4.69, 9.17) is 0 Å². The lowest BCUT2D eigenvalue weighted by Crippen LogP contribution is -2.44. The summed E-state index contributed by atoms with van der Waals surface area (Å²) in [6.07, 6.45) is 2.68. The van der Waals surface area contributed by atoms with Crippen LogP contribution in [0.15, 0.2) is 28.7 Å². The van der Waals surface area contributed by atoms with Crippen LogP contribution in [0.2, 0.25) is 0 Å². The van der Waals surface area contributed by atoms with Gasteiger partial charge < -0.3 is 10.2 Å². The molecule has 4 unspecified atom stereocenters. The van der Waals surface area contributed by atoms with Crippen LogP contribution in [0, 0.1) is 5.92 Å². The highest BCUT2D eigenvalue weighted by Crippen LogP contribution is 2.30. The third-order valence-electron chi connectivity index (χ3n) is 4.47. The molecule has 2 aliphatic rings. The molecule has 3 heteroatoms. The SMILES string of the molecule is CC(NC1CCN2CCC1C2)c1ccccc1Br. The highest BCUT2D eigenvalue weighted by molar-refractivity contribution is 9.10. The molecule has 2 heterocycles. The topological polar surface area (TPSA) is 15.3 Å². The van der Waals surface area contributed by atoms with Gasteiger partial charge in [0.15, 0.2) is 0 Å². The zero-order valence-electron chi connectivity index (χ0n) is 10.9. The second kappa shape index (κ2) is 5.32. The molecule has 1 N–H and O–H groups in total. The van der Waals surface area contributed by atoms with Crippen molar-refractivity contribution >= 4 is 15.9 Å². The summed E-state index contributed by atoms with van der Waals surface area (Å²) in [7, 11) is 0. The number of nitrogens with one attached hydrogen (secondary N) is 1. The minimum Gasteiger partial charge on any atom is -0.307 e. The van der Waals surface area contributed by atoms with Crippen LogP contribution in [0.3, 0.4) is 0 Å². The first-order chi connectivity index (χ1) is 8.74. The normalized spacial score (nSPS) is 32.4. The molecular weight excluding hydrogens is 288 g/mol. The number of hydrogen-bond donors (Lipinski definition) is 1. The van der Waals surface area contributed by atoms with Gasteiger partial charge in [0.2, 0.25) is 0 Å². The molecular formula is C15H21BrN2. The molecule has 18 heavy (non-hydrogen) atoms. The first kappa shape index (κ1) is 12.6. The molecule has 2 bridgehead atoms. The molecule has 0 saturated carbocycles. The van der Waals surface area contributed by atoms with Gasteiger partial charge in [-0.15, -0.1) is 0 Å². The number of nitrogens with zero attached hydrogens (tertiary/aromatic N) is 1. The van der Waals surface area contributed by atoms with Crippen molar-refractivity contribution in [2.45, 2.75) is 31.8 Å². The summed E-state index contributed by atoms with van der Waals surface area (Å²) in [5.41, 5.74) is 1.37. The maximum absolute atomic E-state index is 3.85. The minimum atomic E-state index is 0.428. The average molecular weight is 309 g/mol. The van der Waals surface area contributed by atoms with E-state index in [0.717, 1.165) is 5.92 Å². The fourth-order valence-electron chi connectivity index (χ4n) is 3.41. The van der Waals surface area contributed by atoms with Gasteiger partial charge in [-0.2, -0.15) is 0 Å². The molecule has 0 amide bonds. The average Bonchev–Trinajstić information content (AvgIpc) is 2.76. The largest absolute Gasteiger partial charge is 0.307 e. The van der Waals surface area contributed by atoms with Gasteiger partial charge >= 0.3 is 0 Å². The van der Waals surface area contributed by atoms with Crippen molar-refractivity contribution in [3.63, 3.8) is 0 Å². The van der Waals surface area contributed by atoms with Gasteiger partial charge in [-0.25, -0.2) is 0 Å². The fourth-order valence-corrected chi connectivity index (χ4v) is 4.04. The third kappa shape index (κ3) is 2.49. The lowest BCUT2D eigenvalue weighted by molar-refractivity contribution is 0.212. The Labute approximate surface area is 118 Å². The third-order valence-corrected chi connectivity index (χ3v) is 5.19. The molecule has 0 radical (unpaired) electrons. The number of benzene rings is 1. The molecule has 2 nitrogen and oxygen atoms in total. The van der Waals surface area contributed by atoms with Gasteiger partial charge in [0.25, 0.3) is 0 Å². The number of halogens is 1. The molecule has 2 aliphatic heterocycles. The van der Waals surface area contributed by atoms with E-state index in [9.17, 15) is 0 Å². The van der Waals surface area contributed by atoms with Crippen molar-refractivity contribution in [2.24, 2.45) is 5.92 Å². The van der Waals surface area contributed by atoms with Crippen molar-refractivity contribution in [3.8, 4) is 0 Å². The van der Waals surface area contributed by atoms with Gasteiger partial charge in [-0.1, -0.05) is 34.1 Å². The Kier molecular flexibility index (Phi) is 3.73. The molecule has 1 aromatic rings. The smallest absolute Gasteiger partial charge is 0.0305 e. The summed E-state index contributed by atoms with van der Waals surface area (Å²) >= 11 is 3.65. The van der Waals surface area contributed by atoms with E-state index in [2.05, 4.69) is 57.3 Å². The monoisotopic (exact) mass is 308 g/mol. The maximum Gasteiger partial charge on any atom is 0.0305 e. The highest BCUT2D eigenvalue weighted by Gasteiger charge is 2.34. The zero-order chi connectivity index (χ0) is 12.5. The molecule has 0 aromatic heterocycles. The molecule has 2 fully saturated rings. The Morgan fingerprint density at radius 3 is 2.89 bits per heavy atom.